The topological polar surface area (TPSA) is 67.2 Å². The van der Waals surface area contributed by atoms with Crippen LogP contribution in [0.25, 0.3) is 0 Å². The van der Waals surface area contributed by atoms with Crippen LogP contribution in [0.2, 0.25) is 0 Å². The number of nitrogens with zero attached hydrogens (tertiary/aromatic N) is 3. The second kappa shape index (κ2) is 7.00. The number of fused-ring (bicyclic) bond motifs is 1. The highest BCUT2D eigenvalue weighted by molar-refractivity contribution is 7.89. The molecule has 1 aromatic carbocycles. The van der Waals surface area contributed by atoms with Crippen LogP contribution >= 0.6 is 0 Å². The second-order valence-electron chi connectivity index (χ2n) is 5.93. The lowest BCUT2D eigenvalue weighted by Crippen LogP contribution is -2.43. The fourth-order valence-electron chi connectivity index (χ4n) is 2.93. The summed E-state index contributed by atoms with van der Waals surface area (Å²) in [7, 11) is -3.26. The van der Waals surface area contributed by atoms with Crippen LogP contribution in [0, 0.1) is 5.82 Å². The first-order valence-corrected chi connectivity index (χ1v) is 9.59. The highest BCUT2D eigenvalue weighted by Crippen LogP contribution is 2.22. The van der Waals surface area contributed by atoms with Gasteiger partial charge in [0.05, 0.1) is 17.5 Å². The Morgan fingerprint density at radius 1 is 1.33 bits per heavy atom. The fourth-order valence-corrected chi connectivity index (χ4v) is 3.58. The number of sulfonamides is 1. The summed E-state index contributed by atoms with van der Waals surface area (Å²) in [5, 5.41) is 4.30. The van der Waals surface area contributed by atoms with Crippen molar-refractivity contribution in [2.75, 3.05) is 18.8 Å². The van der Waals surface area contributed by atoms with Crippen molar-refractivity contribution in [2.24, 2.45) is 0 Å². The van der Waals surface area contributed by atoms with Crippen LogP contribution in [-0.4, -0.2) is 41.9 Å². The van der Waals surface area contributed by atoms with E-state index in [1.807, 2.05) is 16.8 Å². The first-order chi connectivity index (χ1) is 11.5. The third-order valence-electron chi connectivity index (χ3n) is 4.22. The van der Waals surface area contributed by atoms with Gasteiger partial charge < -0.3 is 0 Å². The molecule has 2 aromatic rings. The van der Waals surface area contributed by atoms with Crippen molar-refractivity contribution < 1.29 is 12.8 Å². The summed E-state index contributed by atoms with van der Waals surface area (Å²) < 4.78 is 41.8. The summed E-state index contributed by atoms with van der Waals surface area (Å²) in [6, 6.07) is 8.52. The Morgan fingerprint density at radius 3 is 2.88 bits per heavy atom. The Labute approximate surface area is 141 Å². The molecule has 0 saturated carbocycles. The molecule has 0 spiro atoms. The van der Waals surface area contributed by atoms with Crippen molar-refractivity contribution in [3.63, 3.8) is 0 Å². The van der Waals surface area contributed by atoms with Gasteiger partial charge in [-0.15, -0.1) is 0 Å². The molecule has 130 valence electrons. The van der Waals surface area contributed by atoms with E-state index in [1.54, 1.807) is 25.3 Å². The molecule has 3 rings (SSSR count). The van der Waals surface area contributed by atoms with Crippen LogP contribution in [-0.2, 0) is 23.1 Å². The molecule has 0 unspecified atom stereocenters. The van der Waals surface area contributed by atoms with E-state index in [-0.39, 0.29) is 24.2 Å². The molecule has 8 heteroatoms. The van der Waals surface area contributed by atoms with Gasteiger partial charge in [-0.3, -0.25) is 9.58 Å². The van der Waals surface area contributed by atoms with Gasteiger partial charge in [-0.2, -0.15) is 5.10 Å². The van der Waals surface area contributed by atoms with Gasteiger partial charge in [0, 0.05) is 37.9 Å². The average molecular weight is 352 g/mol. The number of hydrogen-bond acceptors (Lipinski definition) is 4. The molecule has 0 bridgehead atoms. The Kier molecular flexibility index (Phi) is 4.98. The maximum absolute atomic E-state index is 13.9. The molecule has 1 aromatic heterocycles. The van der Waals surface area contributed by atoms with Crippen molar-refractivity contribution in [1.82, 2.24) is 19.4 Å². The van der Waals surface area contributed by atoms with Crippen LogP contribution in [0.3, 0.4) is 0 Å². The molecular weight excluding hydrogens is 331 g/mol. The Balaban J connectivity index is 1.75. The van der Waals surface area contributed by atoms with Crippen LogP contribution < -0.4 is 4.72 Å². The summed E-state index contributed by atoms with van der Waals surface area (Å²) in [4.78, 5) is 2.11. The van der Waals surface area contributed by atoms with E-state index in [4.69, 9.17) is 0 Å². The first-order valence-electron chi connectivity index (χ1n) is 7.94. The minimum absolute atomic E-state index is 0.0463. The van der Waals surface area contributed by atoms with Gasteiger partial charge in [-0.1, -0.05) is 18.2 Å². The fraction of sp³-hybridized carbons (Fsp3) is 0.438. The maximum atomic E-state index is 13.9. The second-order valence-corrected chi connectivity index (χ2v) is 8.03. The molecule has 0 aliphatic carbocycles. The van der Waals surface area contributed by atoms with E-state index in [0.29, 0.717) is 25.2 Å². The van der Waals surface area contributed by atoms with Gasteiger partial charge in [0.25, 0.3) is 0 Å². The Morgan fingerprint density at radius 2 is 2.12 bits per heavy atom. The lowest BCUT2D eigenvalue weighted by molar-refractivity contribution is 0.166. The van der Waals surface area contributed by atoms with Crippen molar-refractivity contribution >= 4 is 10.0 Å². The van der Waals surface area contributed by atoms with Gasteiger partial charge >= 0.3 is 0 Å². The van der Waals surface area contributed by atoms with Crippen molar-refractivity contribution in [1.29, 1.82) is 0 Å². The quantitative estimate of drug-likeness (QED) is 0.856. The van der Waals surface area contributed by atoms with Gasteiger partial charge in [0.2, 0.25) is 10.0 Å². The van der Waals surface area contributed by atoms with E-state index in [1.165, 1.54) is 6.07 Å². The molecule has 2 heterocycles. The molecule has 0 fully saturated rings. The monoisotopic (exact) mass is 352 g/mol. The van der Waals surface area contributed by atoms with Crippen LogP contribution in [0.1, 0.15) is 24.2 Å². The number of hydrogen-bond donors (Lipinski definition) is 1. The van der Waals surface area contributed by atoms with Gasteiger partial charge in [0.1, 0.15) is 5.82 Å². The third-order valence-corrected chi connectivity index (χ3v) is 5.59. The van der Waals surface area contributed by atoms with E-state index in [0.717, 1.165) is 5.69 Å². The molecular formula is C16H21FN4O2S. The summed E-state index contributed by atoms with van der Waals surface area (Å²) in [5.74, 6) is -0.176. The number of nitrogens with one attached hydrogen (secondary N) is 1. The number of aromatic nitrogens is 2. The van der Waals surface area contributed by atoms with E-state index in [9.17, 15) is 12.8 Å². The van der Waals surface area contributed by atoms with Crippen molar-refractivity contribution in [3.8, 4) is 0 Å². The van der Waals surface area contributed by atoms with Crippen molar-refractivity contribution in [3.05, 3.63) is 53.6 Å². The maximum Gasteiger partial charge on any atom is 0.211 e. The standard InChI is InChI=1S/C16H21FN4O2S/c1-2-24(22,23)19-9-15-12-20(11-14-7-8-18-21(14)15)10-13-5-3-4-6-16(13)17/h3-8,15,19H,2,9-12H2,1H3/t15-/m1/s1. The predicted octanol–water partition coefficient (Wildman–Crippen LogP) is 1.52. The minimum atomic E-state index is -3.26. The number of benzene rings is 1. The molecule has 1 aliphatic heterocycles. The Bertz CT molecular complexity index is 806. The lowest BCUT2D eigenvalue weighted by atomic mass is 10.1. The molecule has 0 saturated heterocycles. The normalized spacial score (nSPS) is 18.5. The SMILES string of the molecule is CCS(=O)(=O)NC[C@@H]1CN(Cc2ccccc2F)Cc2ccnn21. The van der Waals surface area contributed by atoms with Crippen molar-refractivity contribution in [2.45, 2.75) is 26.1 Å². The van der Waals surface area contributed by atoms with Gasteiger partial charge in [-0.05, 0) is 19.1 Å². The summed E-state index contributed by atoms with van der Waals surface area (Å²) in [6.07, 6.45) is 1.71. The zero-order valence-electron chi connectivity index (χ0n) is 13.5. The lowest BCUT2D eigenvalue weighted by Gasteiger charge is -2.34. The van der Waals surface area contributed by atoms with Crippen LogP contribution in [0.5, 0.6) is 0 Å². The molecule has 0 radical (unpaired) electrons. The zero-order valence-corrected chi connectivity index (χ0v) is 14.3. The molecule has 1 aliphatic rings. The molecule has 1 atom stereocenters. The summed E-state index contributed by atoms with van der Waals surface area (Å²) in [6.45, 7) is 3.63. The number of halogens is 1. The summed E-state index contributed by atoms with van der Waals surface area (Å²) in [5.41, 5.74) is 1.64. The zero-order chi connectivity index (χ0) is 17.2. The third kappa shape index (κ3) is 3.82. The minimum Gasteiger partial charge on any atom is -0.291 e. The predicted molar refractivity (Wildman–Crippen MR) is 89.2 cm³/mol. The Hall–Kier alpha value is -1.77. The molecule has 6 nitrogen and oxygen atoms in total. The largest absolute Gasteiger partial charge is 0.291 e. The molecule has 1 N–H and O–H groups in total. The first kappa shape index (κ1) is 17.1. The van der Waals surface area contributed by atoms with E-state index in [2.05, 4.69) is 14.7 Å². The van der Waals surface area contributed by atoms with Crippen LogP contribution in [0.4, 0.5) is 4.39 Å². The highest BCUT2D eigenvalue weighted by Gasteiger charge is 2.26. The van der Waals surface area contributed by atoms with E-state index < -0.39 is 10.0 Å². The molecule has 0 amide bonds. The smallest absolute Gasteiger partial charge is 0.211 e. The van der Waals surface area contributed by atoms with Crippen LogP contribution in [0.15, 0.2) is 36.5 Å². The van der Waals surface area contributed by atoms with Gasteiger partial charge in [0.15, 0.2) is 0 Å². The highest BCUT2D eigenvalue weighted by atomic mass is 32.2. The number of rotatable bonds is 6. The van der Waals surface area contributed by atoms with Gasteiger partial charge in [-0.25, -0.2) is 17.5 Å². The average Bonchev–Trinajstić information content (AvgIpc) is 3.03. The molecule has 24 heavy (non-hydrogen) atoms. The summed E-state index contributed by atoms with van der Waals surface area (Å²) >= 11 is 0. The van der Waals surface area contributed by atoms with E-state index >= 15 is 0 Å².